The lowest BCUT2D eigenvalue weighted by Gasteiger charge is -2.22. The van der Waals surface area contributed by atoms with Crippen molar-refractivity contribution in [2.75, 3.05) is 26.2 Å². The first-order valence-electron chi connectivity index (χ1n) is 11.5. The van der Waals surface area contributed by atoms with Crippen LogP contribution in [-0.2, 0) is 16.1 Å². The van der Waals surface area contributed by atoms with Gasteiger partial charge >= 0.3 is 0 Å². The Balaban J connectivity index is 1.30. The number of allylic oxidation sites excluding steroid dienone is 1. The van der Waals surface area contributed by atoms with Gasteiger partial charge in [0.25, 0.3) is 0 Å². The molecule has 2 atom stereocenters. The zero-order valence-electron chi connectivity index (χ0n) is 19.0. The van der Waals surface area contributed by atoms with Gasteiger partial charge in [-0.05, 0) is 38.3 Å². The van der Waals surface area contributed by atoms with Crippen molar-refractivity contribution in [3.05, 3.63) is 40.4 Å². The van der Waals surface area contributed by atoms with Gasteiger partial charge in [-0.25, -0.2) is 4.98 Å². The molecule has 3 aliphatic heterocycles. The predicted octanol–water partition coefficient (Wildman–Crippen LogP) is 3.30. The van der Waals surface area contributed by atoms with Crippen LogP contribution in [0.4, 0.5) is 0 Å². The van der Waals surface area contributed by atoms with E-state index >= 15 is 0 Å². The molecule has 0 radical (unpaired) electrons. The molecule has 9 heteroatoms. The van der Waals surface area contributed by atoms with Crippen LogP contribution < -0.4 is 4.74 Å². The number of nitrogens with zero attached hydrogens (tertiary/aromatic N) is 5. The molecule has 174 valence electrons. The van der Waals surface area contributed by atoms with Crippen LogP contribution in [0.3, 0.4) is 0 Å². The summed E-state index contributed by atoms with van der Waals surface area (Å²) in [5, 5.41) is 5.03. The topological polar surface area (TPSA) is 81.8 Å². The zero-order chi connectivity index (χ0) is 22.9. The minimum atomic E-state index is -0.140. The van der Waals surface area contributed by atoms with Crippen molar-refractivity contribution in [3.63, 3.8) is 0 Å². The summed E-state index contributed by atoms with van der Waals surface area (Å²) in [7, 11) is 0. The molecular formula is C24H28ClN5O3. The number of hydrogen-bond acceptors (Lipinski definition) is 7. The van der Waals surface area contributed by atoms with Crippen molar-refractivity contribution >= 4 is 23.6 Å². The molecule has 0 aromatic carbocycles. The molecule has 5 rings (SSSR count). The maximum absolute atomic E-state index is 11.9. The van der Waals surface area contributed by atoms with Crippen LogP contribution in [0.5, 0.6) is 5.88 Å². The first kappa shape index (κ1) is 22.1. The van der Waals surface area contributed by atoms with Crippen molar-refractivity contribution in [1.29, 1.82) is 0 Å². The van der Waals surface area contributed by atoms with E-state index in [1.54, 1.807) is 12.4 Å². The van der Waals surface area contributed by atoms with E-state index in [2.05, 4.69) is 26.5 Å². The van der Waals surface area contributed by atoms with Gasteiger partial charge in [-0.15, -0.1) is 0 Å². The maximum Gasteiger partial charge on any atom is 0.214 e. The van der Waals surface area contributed by atoms with Gasteiger partial charge in [0.15, 0.2) is 5.78 Å². The predicted molar refractivity (Wildman–Crippen MR) is 126 cm³/mol. The van der Waals surface area contributed by atoms with E-state index in [4.69, 9.17) is 26.2 Å². The summed E-state index contributed by atoms with van der Waals surface area (Å²) < 4.78 is 14.1. The lowest BCUT2D eigenvalue weighted by Crippen LogP contribution is -2.28. The van der Waals surface area contributed by atoms with E-state index in [9.17, 15) is 4.79 Å². The van der Waals surface area contributed by atoms with E-state index in [1.807, 2.05) is 19.1 Å². The third kappa shape index (κ3) is 4.54. The van der Waals surface area contributed by atoms with Crippen LogP contribution in [0.2, 0.25) is 0 Å². The monoisotopic (exact) mass is 469 g/mol. The summed E-state index contributed by atoms with van der Waals surface area (Å²) in [5.74, 6) is 0.442. The fourth-order valence-electron chi connectivity index (χ4n) is 4.82. The lowest BCUT2D eigenvalue weighted by atomic mass is 10.1. The Kier molecular flexibility index (Phi) is 6.21. The van der Waals surface area contributed by atoms with Gasteiger partial charge in [0, 0.05) is 49.3 Å². The number of Topliss-reactive ketones (excluding diaryl/α,β-unsaturated/α-hetero) is 1. The number of pyridine rings is 1. The van der Waals surface area contributed by atoms with Gasteiger partial charge in [-0.3, -0.25) is 14.5 Å². The highest BCUT2D eigenvalue weighted by Gasteiger charge is 2.29. The molecular weight excluding hydrogens is 442 g/mol. The summed E-state index contributed by atoms with van der Waals surface area (Å²) in [4.78, 5) is 22.5. The van der Waals surface area contributed by atoms with E-state index in [-0.39, 0.29) is 29.6 Å². The Morgan fingerprint density at radius 1 is 1.30 bits per heavy atom. The van der Waals surface area contributed by atoms with Crippen LogP contribution >= 0.6 is 11.6 Å². The molecule has 0 amide bonds. The molecule has 0 saturated carbocycles. The average molecular weight is 470 g/mol. The van der Waals surface area contributed by atoms with E-state index in [0.717, 1.165) is 61.5 Å². The quantitative estimate of drug-likeness (QED) is 0.645. The number of carbonyl (C=O) groups is 1. The number of carbonyl (C=O) groups excluding carboxylic acids is 1. The molecule has 5 heterocycles. The third-order valence-corrected chi connectivity index (χ3v) is 6.90. The molecule has 2 saturated heterocycles. The largest absolute Gasteiger partial charge is 0.472 e. The van der Waals surface area contributed by atoms with Gasteiger partial charge in [-0.2, -0.15) is 5.10 Å². The maximum atomic E-state index is 11.9. The van der Waals surface area contributed by atoms with Gasteiger partial charge in [0.05, 0.1) is 30.6 Å². The van der Waals surface area contributed by atoms with E-state index in [1.165, 1.54) is 0 Å². The first-order chi connectivity index (χ1) is 16.0. The third-order valence-electron chi connectivity index (χ3n) is 6.50. The van der Waals surface area contributed by atoms with Crippen LogP contribution in [-0.4, -0.2) is 70.1 Å². The Morgan fingerprint density at radius 2 is 2.18 bits per heavy atom. The fraction of sp³-hybridized carbons (Fsp3) is 0.500. The van der Waals surface area contributed by atoms with Crippen molar-refractivity contribution < 1.29 is 14.3 Å². The number of ketones is 1. The number of aliphatic imine (C=N–C) groups is 1. The highest BCUT2D eigenvalue weighted by molar-refractivity contribution is 6.44. The van der Waals surface area contributed by atoms with E-state index in [0.29, 0.717) is 18.1 Å². The van der Waals surface area contributed by atoms with Crippen molar-refractivity contribution in [1.82, 2.24) is 19.7 Å². The highest BCUT2D eigenvalue weighted by Crippen LogP contribution is 2.31. The molecule has 2 aromatic rings. The number of aryl methyl sites for hydroxylation is 1. The van der Waals surface area contributed by atoms with Gasteiger partial charge in [0.2, 0.25) is 5.88 Å². The molecule has 0 spiro atoms. The molecule has 0 aliphatic carbocycles. The van der Waals surface area contributed by atoms with Crippen LogP contribution in [0.15, 0.2) is 34.1 Å². The van der Waals surface area contributed by atoms with Crippen LogP contribution in [0.1, 0.15) is 30.7 Å². The number of hydrogen-bond donors (Lipinski definition) is 0. The molecule has 33 heavy (non-hydrogen) atoms. The number of rotatable bonds is 6. The normalized spacial score (nSPS) is 23.1. The second kappa shape index (κ2) is 9.27. The standard InChI is InChI=1S/C24H28ClN5O3/c1-15-23(16(2)30(28-15)14-18-4-3-9-32-18)17-5-7-27-22(10-17)33-19-6-8-29(13-19)20-11-26-12-21(31)24(20)25/h5,7,10-11,18-19H,3-4,6,8-9,12-14H2,1-2H3/t18?,19-/m1/s1. The number of likely N-dealkylation sites (tertiary alicyclic amines) is 1. The minimum Gasteiger partial charge on any atom is -0.472 e. The molecule has 0 bridgehead atoms. The van der Waals surface area contributed by atoms with Crippen molar-refractivity contribution in [2.45, 2.75) is 51.9 Å². The summed E-state index contributed by atoms with van der Waals surface area (Å²) in [5.41, 5.74) is 4.94. The first-order valence-corrected chi connectivity index (χ1v) is 11.8. The summed E-state index contributed by atoms with van der Waals surface area (Å²) >= 11 is 6.22. The van der Waals surface area contributed by atoms with E-state index < -0.39 is 0 Å². The molecule has 3 aliphatic rings. The molecule has 0 N–H and O–H groups in total. The minimum absolute atomic E-state index is 0.0421. The Labute approximate surface area is 198 Å². The molecule has 8 nitrogen and oxygen atoms in total. The second-order valence-corrected chi connectivity index (χ2v) is 9.19. The fourth-order valence-corrected chi connectivity index (χ4v) is 5.05. The van der Waals surface area contributed by atoms with Gasteiger partial charge in [-0.1, -0.05) is 11.6 Å². The summed E-state index contributed by atoms with van der Waals surface area (Å²) in [6.07, 6.45) is 6.68. The number of dihydropyridines is 1. The van der Waals surface area contributed by atoms with Crippen LogP contribution in [0.25, 0.3) is 11.1 Å². The van der Waals surface area contributed by atoms with Crippen molar-refractivity contribution in [2.24, 2.45) is 4.99 Å². The lowest BCUT2D eigenvalue weighted by molar-refractivity contribution is -0.113. The Morgan fingerprint density at radius 3 is 3.00 bits per heavy atom. The average Bonchev–Trinajstić information content (AvgIpc) is 3.53. The molecule has 2 aromatic heterocycles. The van der Waals surface area contributed by atoms with Gasteiger partial charge < -0.3 is 14.4 Å². The van der Waals surface area contributed by atoms with Gasteiger partial charge in [0.1, 0.15) is 17.7 Å². The number of aromatic nitrogens is 3. The Bertz CT molecular complexity index is 1120. The van der Waals surface area contributed by atoms with Crippen LogP contribution in [0, 0.1) is 13.8 Å². The SMILES string of the molecule is Cc1nn(CC2CCCO2)c(C)c1-c1ccnc(O[C@@H]2CCN(C3=C(Cl)C(=O)CN=C3)C2)c1. The summed E-state index contributed by atoms with van der Waals surface area (Å²) in [6, 6.07) is 3.98. The molecule has 1 unspecified atom stereocenters. The zero-order valence-corrected chi connectivity index (χ0v) is 19.7. The number of halogens is 1. The Hall–Kier alpha value is -2.71. The smallest absolute Gasteiger partial charge is 0.214 e. The summed E-state index contributed by atoms with van der Waals surface area (Å²) in [6.45, 7) is 7.27. The van der Waals surface area contributed by atoms with Crippen molar-refractivity contribution in [3.8, 4) is 17.0 Å². The highest BCUT2D eigenvalue weighted by atomic mass is 35.5. The second-order valence-electron chi connectivity index (χ2n) is 8.81. The molecule has 2 fully saturated rings. The number of ether oxygens (including phenoxy) is 2.